The number of ether oxygens (including phenoxy) is 2. The monoisotopic (exact) mass is 616 g/mol. The summed E-state index contributed by atoms with van der Waals surface area (Å²) in [6, 6.07) is 5.09. The average molecular weight is 617 g/mol. The molecular weight excluding hydrogens is 556 g/mol. The third-order valence-corrected chi connectivity index (χ3v) is 15.4. The van der Waals surface area contributed by atoms with Crippen molar-refractivity contribution in [3.63, 3.8) is 0 Å². The van der Waals surface area contributed by atoms with Gasteiger partial charge in [-0.2, -0.15) is 0 Å². The van der Waals surface area contributed by atoms with E-state index in [1.165, 1.54) is 71.0 Å². The van der Waals surface area contributed by atoms with Gasteiger partial charge in [-0.3, -0.25) is 0 Å². The van der Waals surface area contributed by atoms with Crippen LogP contribution in [0.2, 0.25) is 0 Å². The number of carbonyl (C=O) groups is 1. The Hall–Kier alpha value is -2.23. The number of esters is 1. The van der Waals surface area contributed by atoms with Crippen LogP contribution in [-0.4, -0.2) is 24.3 Å². The third-order valence-electron chi connectivity index (χ3n) is 15.4. The Labute approximate surface area is 273 Å². The molecule has 0 saturated heterocycles. The maximum Gasteiger partial charge on any atom is 0.331 e. The molecule has 1 aromatic rings. The summed E-state index contributed by atoms with van der Waals surface area (Å²) in [5.74, 6) is 3.88. The van der Waals surface area contributed by atoms with Crippen molar-refractivity contribution in [2.75, 3.05) is 7.11 Å². The second-order valence-corrected chi connectivity index (χ2v) is 17.5. The number of hydrogen-bond acceptors (Lipinski definition) is 4. The Balaban J connectivity index is 1.15. The normalized spacial score (nSPS) is 40.7. The number of phenols is 1. The van der Waals surface area contributed by atoms with Crippen LogP contribution >= 0.6 is 0 Å². The molecule has 0 radical (unpaired) electrons. The molecule has 0 amide bonds. The molecule has 0 aromatic heterocycles. The van der Waals surface area contributed by atoms with Crippen LogP contribution in [0.4, 0.5) is 0 Å². The van der Waals surface area contributed by atoms with Gasteiger partial charge in [0.2, 0.25) is 0 Å². The maximum atomic E-state index is 13.1. The van der Waals surface area contributed by atoms with Crippen molar-refractivity contribution in [1.29, 1.82) is 0 Å². The number of fused-ring (bicyclic) bond motifs is 2. The predicted molar refractivity (Wildman–Crippen MR) is 183 cm³/mol. The molecule has 0 heterocycles. The van der Waals surface area contributed by atoms with E-state index in [2.05, 4.69) is 61.5 Å². The zero-order chi connectivity index (χ0) is 32.6. The molecule has 3 unspecified atom stereocenters. The smallest absolute Gasteiger partial charge is 0.331 e. The molecule has 9 atom stereocenters. The first-order valence-corrected chi connectivity index (χ1v) is 18.1. The standard InChI is InChI=1S/C41H60O4/c1-26(2)27(3)10-11-28(4)30-18-20-39(8)34-16-15-33-37(5,6)35(19-21-40(33)25-41(34,40)23-22-38(30,39)7)45-36(43)17-13-29-12-14-31(42)32(24-29)44-9/h10,12-14,17,24,26,28,30,33-35,42H,11,15-16,18-23,25H2,1-9H3/b17-13+,27-10-/t28-,30?,33?,34?,35+,38-,39+,40-,41+/m1/s1. The Morgan fingerprint density at radius 3 is 2.38 bits per heavy atom. The van der Waals surface area contributed by atoms with E-state index in [0.717, 1.165) is 29.7 Å². The molecule has 5 saturated carbocycles. The summed E-state index contributed by atoms with van der Waals surface area (Å²) < 4.78 is 11.5. The molecule has 6 rings (SSSR count). The van der Waals surface area contributed by atoms with Gasteiger partial charge in [-0.1, -0.05) is 66.2 Å². The number of methoxy groups -OCH3 is 1. The number of allylic oxidation sites excluding steroid dienone is 2. The van der Waals surface area contributed by atoms with Gasteiger partial charge in [-0.05, 0) is 146 Å². The molecule has 2 spiro atoms. The Morgan fingerprint density at radius 2 is 1.67 bits per heavy atom. The number of phenolic OH excluding ortho intramolecular Hbond substituents is 1. The molecule has 1 N–H and O–H groups in total. The van der Waals surface area contributed by atoms with Crippen molar-refractivity contribution in [2.45, 2.75) is 126 Å². The summed E-state index contributed by atoms with van der Waals surface area (Å²) >= 11 is 0. The molecule has 5 aliphatic rings. The van der Waals surface area contributed by atoms with E-state index in [4.69, 9.17) is 9.47 Å². The van der Waals surface area contributed by atoms with Crippen LogP contribution in [0, 0.1) is 56.7 Å². The van der Waals surface area contributed by atoms with Crippen molar-refractivity contribution >= 4 is 12.0 Å². The van der Waals surface area contributed by atoms with Gasteiger partial charge in [0.15, 0.2) is 11.5 Å². The van der Waals surface area contributed by atoms with Crippen molar-refractivity contribution < 1.29 is 19.4 Å². The van der Waals surface area contributed by atoms with Gasteiger partial charge in [-0.15, -0.1) is 0 Å². The van der Waals surface area contributed by atoms with Crippen molar-refractivity contribution in [3.8, 4) is 11.5 Å². The molecule has 1 aromatic carbocycles. The van der Waals surface area contributed by atoms with E-state index in [1.54, 1.807) is 29.8 Å². The van der Waals surface area contributed by atoms with Crippen LogP contribution in [0.15, 0.2) is 35.9 Å². The maximum absolute atomic E-state index is 13.1. The molecule has 248 valence electrons. The molecule has 0 aliphatic heterocycles. The van der Waals surface area contributed by atoms with Crippen LogP contribution in [0.25, 0.3) is 6.08 Å². The lowest BCUT2D eigenvalue weighted by atomic mass is 9.41. The zero-order valence-electron chi connectivity index (χ0n) is 29.7. The molecule has 4 heteroatoms. The Bertz CT molecular complexity index is 1370. The van der Waals surface area contributed by atoms with Crippen LogP contribution in [0.1, 0.15) is 125 Å². The summed E-state index contributed by atoms with van der Waals surface area (Å²) in [5.41, 5.74) is 4.12. The van der Waals surface area contributed by atoms with Crippen molar-refractivity contribution in [2.24, 2.45) is 56.7 Å². The lowest BCUT2D eigenvalue weighted by molar-refractivity contribution is -0.179. The minimum absolute atomic E-state index is 0.0348. The first-order chi connectivity index (χ1) is 21.1. The van der Waals surface area contributed by atoms with Gasteiger partial charge in [0, 0.05) is 11.5 Å². The van der Waals surface area contributed by atoms with Gasteiger partial charge >= 0.3 is 5.97 Å². The van der Waals surface area contributed by atoms with E-state index in [1.807, 2.05) is 0 Å². The lowest BCUT2D eigenvalue weighted by Crippen LogP contribution is -2.58. The second kappa shape index (κ2) is 11.2. The fraction of sp³-hybridized carbons (Fsp3) is 0.732. The highest BCUT2D eigenvalue weighted by atomic mass is 16.5. The minimum atomic E-state index is -0.277. The summed E-state index contributed by atoms with van der Waals surface area (Å²) in [7, 11) is 1.53. The molecule has 4 nitrogen and oxygen atoms in total. The van der Waals surface area contributed by atoms with Gasteiger partial charge < -0.3 is 14.6 Å². The van der Waals surface area contributed by atoms with Crippen molar-refractivity contribution in [1.82, 2.24) is 0 Å². The van der Waals surface area contributed by atoms with E-state index in [0.29, 0.717) is 39.2 Å². The number of benzene rings is 1. The summed E-state index contributed by atoms with van der Waals surface area (Å²) in [5, 5.41) is 9.89. The topological polar surface area (TPSA) is 55.8 Å². The van der Waals surface area contributed by atoms with Crippen LogP contribution in [0.3, 0.4) is 0 Å². The first-order valence-electron chi connectivity index (χ1n) is 18.1. The number of aromatic hydroxyl groups is 1. The van der Waals surface area contributed by atoms with E-state index < -0.39 is 0 Å². The highest BCUT2D eigenvalue weighted by Crippen LogP contribution is 2.89. The fourth-order valence-corrected chi connectivity index (χ4v) is 12.4. The van der Waals surface area contributed by atoms with Gasteiger partial charge in [-0.25, -0.2) is 4.79 Å². The number of hydrogen-bond donors (Lipinski definition) is 1. The first kappa shape index (κ1) is 32.7. The number of rotatable bonds is 8. The largest absolute Gasteiger partial charge is 0.504 e. The van der Waals surface area contributed by atoms with Gasteiger partial charge in [0.25, 0.3) is 0 Å². The lowest BCUT2D eigenvalue weighted by Gasteiger charge is -2.63. The summed E-state index contributed by atoms with van der Waals surface area (Å²) in [4.78, 5) is 13.1. The van der Waals surface area contributed by atoms with E-state index in [9.17, 15) is 9.90 Å². The average Bonchev–Trinajstić information content (AvgIpc) is 3.58. The highest BCUT2D eigenvalue weighted by Gasteiger charge is 2.82. The summed E-state index contributed by atoms with van der Waals surface area (Å²) in [6.07, 6.45) is 18.8. The van der Waals surface area contributed by atoms with Crippen molar-refractivity contribution in [3.05, 3.63) is 41.5 Å². The third kappa shape index (κ3) is 4.85. The Morgan fingerprint density at radius 1 is 0.956 bits per heavy atom. The minimum Gasteiger partial charge on any atom is -0.504 e. The fourth-order valence-electron chi connectivity index (χ4n) is 12.4. The van der Waals surface area contributed by atoms with E-state index in [-0.39, 0.29) is 23.2 Å². The quantitative estimate of drug-likeness (QED) is 0.179. The molecular formula is C41H60O4. The molecule has 5 aliphatic carbocycles. The second-order valence-electron chi connectivity index (χ2n) is 17.5. The molecule has 0 bridgehead atoms. The zero-order valence-corrected chi connectivity index (χ0v) is 29.7. The summed E-state index contributed by atoms with van der Waals surface area (Å²) in [6.45, 7) is 19.7. The van der Waals surface area contributed by atoms with Crippen LogP contribution in [-0.2, 0) is 9.53 Å². The van der Waals surface area contributed by atoms with Crippen LogP contribution in [0.5, 0.6) is 11.5 Å². The van der Waals surface area contributed by atoms with Crippen LogP contribution < -0.4 is 4.74 Å². The SMILES string of the molecule is COc1cc(/C=C/C(=O)O[C@H]2CC[C@]34C[C@]35CC[C@]3(C)C([C@H](C)C/C=C(/C)C(C)C)CC[C@@]3(C)C5CCC4C2(C)C)ccc1O. The molecule has 5 fully saturated rings. The highest BCUT2D eigenvalue weighted by molar-refractivity contribution is 5.87. The number of carbonyl (C=O) groups excluding carboxylic acids is 1. The van der Waals surface area contributed by atoms with E-state index >= 15 is 0 Å². The van der Waals surface area contributed by atoms with Gasteiger partial charge in [0.1, 0.15) is 6.10 Å². The predicted octanol–water partition coefficient (Wildman–Crippen LogP) is 10.4. The molecule has 45 heavy (non-hydrogen) atoms. The van der Waals surface area contributed by atoms with Gasteiger partial charge in [0.05, 0.1) is 7.11 Å². The Kier molecular flexibility index (Phi) is 8.13.